The van der Waals surface area contributed by atoms with Gasteiger partial charge >= 0.3 is 17.9 Å². The Morgan fingerprint density at radius 1 is 0.562 bits per heavy atom. The van der Waals surface area contributed by atoms with E-state index in [0.29, 0.717) is 16.7 Å². The van der Waals surface area contributed by atoms with E-state index in [-0.39, 0.29) is 22.8 Å². The summed E-state index contributed by atoms with van der Waals surface area (Å²) in [5, 5.41) is 0. The molecule has 4 aromatic carbocycles. The Morgan fingerprint density at radius 3 is 1.44 bits per heavy atom. The second-order valence-corrected chi connectivity index (χ2v) is 10.0. The van der Waals surface area contributed by atoms with E-state index in [1.54, 1.807) is 43.3 Å². The zero-order chi connectivity index (χ0) is 34.6. The maximum Gasteiger partial charge on any atom is 0.371 e. The van der Waals surface area contributed by atoms with Gasteiger partial charge in [-0.3, -0.25) is 0 Å². The number of rotatable bonds is 8. The highest BCUT2D eigenvalue weighted by atomic mass is 19.1. The monoisotopic (exact) mass is 640 g/mol. The molecular weight excluding hydrogens is 614 g/mol. The molecule has 4 aromatic rings. The summed E-state index contributed by atoms with van der Waals surface area (Å²) in [6.45, 7) is 11.0. The molecule has 0 saturated heterocycles. The Morgan fingerprint density at radius 2 is 0.979 bits per heavy atom. The summed E-state index contributed by atoms with van der Waals surface area (Å²) in [4.78, 5) is 35.0. The van der Waals surface area contributed by atoms with Gasteiger partial charge in [-0.15, -0.1) is 0 Å². The lowest BCUT2D eigenvalue weighted by atomic mass is 10.1. The number of benzene rings is 4. The third-order valence-corrected chi connectivity index (χ3v) is 6.20. The van der Waals surface area contributed by atoms with Gasteiger partial charge in [0.1, 0.15) is 17.2 Å². The molecule has 0 bridgehead atoms. The van der Waals surface area contributed by atoms with Crippen molar-refractivity contribution < 1.29 is 37.4 Å². The fraction of sp³-hybridized carbons (Fsp3) is 0.0250. The van der Waals surface area contributed by atoms with Crippen molar-refractivity contribution in [1.82, 2.24) is 0 Å². The third-order valence-electron chi connectivity index (χ3n) is 6.20. The molecule has 0 aliphatic heterocycles. The van der Waals surface area contributed by atoms with Crippen LogP contribution in [0, 0.1) is 23.7 Å². The zero-order valence-electron chi connectivity index (χ0n) is 25.6. The second-order valence-electron chi connectivity index (χ2n) is 10.0. The van der Waals surface area contributed by atoms with Crippen LogP contribution in [0.15, 0.2) is 128 Å². The van der Waals surface area contributed by atoms with Crippen molar-refractivity contribution in [2.45, 2.75) is 6.92 Å². The number of hydrogen-bond acceptors (Lipinski definition) is 6. The van der Waals surface area contributed by atoms with Crippen LogP contribution >= 0.6 is 0 Å². The van der Waals surface area contributed by atoms with Gasteiger partial charge in [0.25, 0.3) is 0 Å². The van der Waals surface area contributed by atoms with E-state index in [9.17, 15) is 23.2 Å². The molecule has 8 heteroatoms. The maximum absolute atomic E-state index is 12.9. The molecule has 48 heavy (non-hydrogen) atoms. The quantitative estimate of drug-likeness (QED) is 0.0641. The highest BCUT2D eigenvalue weighted by molar-refractivity contribution is 5.89. The van der Waals surface area contributed by atoms with Gasteiger partial charge in [-0.2, -0.15) is 8.78 Å². The lowest BCUT2D eigenvalue weighted by Gasteiger charge is -2.08. The van der Waals surface area contributed by atoms with Crippen molar-refractivity contribution in [2.24, 2.45) is 0 Å². The molecule has 0 heterocycles. The van der Waals surface area contributed by atoms with E-state index >= 15 is 0 Å². The lowest BCUT2D eigenvalue weighted by Crippen LogP contribution is -2.09. The van der Waals surface area contributed by atoms with Crippen LogP contribution in [0.2, 0.25) is 0 Å². The van der Waals surface area contributed by atoms with Crippen LogP contribution in [0.4, 0.5) is 8.78 Å². The normalized spacial score (nSPS) is 10.1. The van der Waals surface area contributed by atoms with E-state index in [0.717, 1.165) is 16.7 Å². The summed E-state index contributed by atoms with van der Waals surface area (Å²) in [6.07, 6.45) is 3.75. The Bertz CT molecular complexity index is 2070. The van der Waals surface area contributed by atoms with Crippen LogP contribution < -0.4 is 14.2 Å². The molecule has 0 aromatic heterocycles. The summed E-state index contributed by atoms with van der Waals surface area (Å²) in [7, 11) is 0. The maximum atomic E-state index is 12.9. The molecule has 0 radical (unpaired) electrons. The molecule has 0 unspecified atom stereocenters. The Labute approximate surface area is 276 Å². The van der Waals surface area contributed by atoms with Crippen LogP contribution in [-0.2, 0) is 14.4 Å². The first-order valence-electron chi connectivity index (χ1n) is 14.1. The van der Waals surface area contributed by atoms with Gasteiger partial charge in [-0.25, -0.2) is 14.4 Å². The first-order valence-corrected chi connectivity index (χ1v) is 14.1. The molecule has 0 aliphatic rings. The zero-order valence-corrected chi connectivity index (χ0v) is 25.6. The SMILES string of the molecule is C=C(C)C(=O)Oc1cc(C=Cc2ccc(C#Cc3ccc(OC(=O)C(=C)F)cc3)cc2)ccc1C#Cc1ccc(OC(=O)C(=C)F)cc1. The van der Waals surface area contributed by atoms with Crippen LogP contribution in [0.1, 0.15) is 40.3 Å². The molecule has 236 valence electrons. The number of carbonyl (C=O) groups excluding carboxylic acids is 3. The van der Waals surface area contributed by atoms with Gasteiger partial charge in [0.05, 0.1) is 5.56 Å². The minimum atomic E-state index is -1.20. The van der Waals surface area contributed by atoms with Crippen molar-refractivity contribution in [1.29, 1.82) is 0 Å². The summed E-state index contributed by atoms with van der Waals surface area (Å²) < 4.78 is 40.9. The highest BCUT2D eigenvalue weighted by Crippen LogP contribution is 2.23. The number of hydrogen-bond donors (Lipinski definition) is 0. The molecule has 0 aliphatic carbocycles. The smallest absolute Gasteiger partial charge is 0.371 e. The molecule has 0 fully saturated rings. The van der Waals surface area contributed by atoms with E-state index < -0.39 is 29.6 Å². The largest absolute Gasteiger partial charge is 0.422 e. The van der Waals surface area contributed by atoms with Gasteiger partial charge < -0.3 is 14.2 Å². The second kappa shape index (κ2) is 16.0. The van der Waals surface area contributed by atoms with Gasteiger partial charge in [-0.1, -0.05) is 73.8 Å². The van der Waals surface area contributed by atoms with Crippen LogP contribution in [0.5, 0.6) is 17.2 Å². The molecule has 0 atom stereocenters. The topological polar surface area (TPSA) is 78.9 Å². The van der Waals surface area contributed by atoms with Crippen molar-refractivity contribution in [3.8, 4) is 40.9 Å². The minimum Gasteiger partial charge on any atom is -0.422 e. The molecule has 4 rings (SSSR count). The van der Waals surface area contributed by atoms with Crippen LogP contribution in [-0.4, -0.2) is 17.9 Å². The van der Waals surface area contributed by atoms with E-state index in [1.165, 1.54) is 24.3 Å². The summed E-state index contributed by atoms with van der Waals surface area (Å²) in [6, 6.07) is 25.2. The summed E-state index contributed by atoms with van der Waals surface area (Å²) >= 11 is 0. The first kappa shape index (κ1) is 34.1. The fourth-order valence-electron chi connectivity index (χ4n) is 3.71. The number of ether oxygens (including phenoxy) is 3. The minimum absolute atomic E-state index is 0.136. The predicted octanol–water partition coefficient (Wildman–Crippen LogP) is 7.92. The summed E-state index contributed by atoms with van der Waals surface area (Å²) in [5.41, 5.74) is 4.35. The Balaban J connectivity index is 1.46. The molecular formula is C40H26F2O6. The Kier molecular flexibility index (Phi) is 11.4. The Hall–Kier alpha value is -6.77. The number of carbonyl (C=O) groups is 3. The van der Waals surface area contributed by atoms with Crippen molar-refractivity contribution >= 4 is 30.1 Å². The van der Waals surface area contributed by atoms with Gasteiger partial charge in [0.15, 0.2) is 0 Å². The highest BCUT2D eigenvalue weighted by Gasteiger charge is 2.11. The van der Waals surface area contributed by atoms with E-state index in [2.05, 4.69) is 43.4 Å². The summed E-state index contributed by atoms with van der Waals surface area (Å²) in [5.74, 6) is 7.29. The molecule has 0 amide bonds. The standard InChI is InChI=1S/C40H26F2O6/c1-26(2)38(43)48-37-25-33(14-20-34(37)19-13-32-17-23-36(24-18-32)47-40(45)28(4)42)12-11-30-7-5-29(6-8-30)9-10-31-15-21-35(22-16-31)46-39(44)27(3)41/h5-8,11-12,14-18,20-25H,1,3-4H2,2H3. The van der Waals surface area contributed by atoms with E-state index in [1.807, 2.05) is 42.5 Å². The number of esters is 3. The molecule has 6 nitrogen and oxygen atoms in total. The molecule has 0 spiro atoms. The number of halogens is 2. The van der Waals surface area contributed by atoms with Crippen LogP contribution in [0.25, 0.3) is 12.2 Å². The first-order chi connectivity index (χ1) is 23.0. The third kappa shape index (κ3) is 10.1. The van der Waals surface area contributed by atoms with E-state index in [4.69, 9.17) is 14.2 Å². The molecule has 0 saturated carbocycles. The lowest BCUT2D eigenvalue weighted by molar-refractivity contribution is -0.132. The van der Waals surface area contributed by atoms with Crippen LogP contribution in [0.3, 0.4) is 0 Å². The van der Waals surface area contributed by atoms with Crippen molar-refractivity contribution in [2.75, 3.05) is 0 Å². The average Bonchev–Trinajstić information content (AvgIpc) is 3.07. The van der Waals surface area contributed by atoms with Gasteiger partial charge in [0, 0.05) is 22.3 Å². The van der Waals surface area contributed by atoms with Crippen molar-refractivity contribution in [3.05, 3.63) is 161 Å². The van der Waals surface area contributed by atoms with Gasteiger partial charge in [-0.05, 0) is 90.8 Å². The average molecular weight is 641 g/mol. The fourth-order valence-corrected chi connectivity index (χ4v) is 3.71. The van der Waals surface area contributed by atoms with Crippen molar-refractivity contribution in [3.63, 3.8) is 0 Å². The predicted molar refractivity (Wildman–Crippen MR) is 179 cm³/mol. The molecule has 0 N–H and O–H groups in total. The van der Waals surface area contributed by atoms with Gasteiger partial charge in [0.2, 0.25) is 11.7 Å².